The molecule has 0 saturated heterocycles. The highest BCUT2D eigenvalue weighted by molar-refractivity contribution is 9.10. The van der Waals surface area contributed by atoms with Crippen molar-refractivity contribution in [1.82, 2.24) is 15.0 Å². The van der Waals surface area contributed by atoms with Gasteiger partial charge >= 0.3 is 0 Å². The number of halogens is 1. The van der Waals surface area contributed by atoms with Crippen LogP contribution in [0.1, 0.15) is 0 Å². The molecule has 45 heavy (non-hydrogen) atoms. The maximum atomic E-state index is 4.97. The average molecular weight is 641 g/mol. The van der Waals surface area contributed by atoms with E-state index in [4.69, 9.17) is 15.0 Å². The molecule has 3 nitrogen and oxygen atoms in total. The van der Waals surface area contributed by atoms with Crippen LogP contribution in [-0.4, -0.2) is 15.0 Å². The summed E-state index contributed by atoms with van der Waals surface area (Å²) in [7, 11) is 0. The molecular formula is C41H26BrN3. The van der Waals surface area contributed by atoms with Crippen LogP contribution in [0.3, 0.4) is 0 Å². The minimum Gasteiger partial charge on any atom is -0.208 e. The first kappa shape index (κ1) is 27.1. The van der Waals surface area contributed by atoms with E-state index in [-0.39, 0.29) is 0 Å². The number of benzene rings is 7. The normalized spacial score (nSPS) is 11.2. The Morgan fingerprint density at radius 2 is 0.600 bits per heavy atom. The van der Waals surface area contributed by atoms with Gasteiger partial charge in [-0.1, -0.05) is 149 Å². The van der Waals surface area contributed by atoms with Gasteiger partial charge in [0, 0.05) is 21.2 Å². The van der Waals surface area contributed by atoms with E-state index in [0.29, 0.717) is 17.5 Å². The molecule has 0 bridgehead atoms. The second-order valence-corrected chi connectivity index (χ2v) is 12.0. The van der Waals surface area contributed by atoms with Crippen molar-refractivity contribution >= 4 is 37.5 Å². The number of fused-ring (bicyclic) bond motifs is 2. The van der Waals surface area contributed by atoms with Crippen LogP contribution in [0.5, 0.6) is 0 Å². The van der Waals surface area contributed by atoms with Crippen molar-refractivity contribution in [3.63, 3.8) is 0 Å². The molecule has 0 aliphatic rings. The van der Waals surface area contributed by atoms with E-state index in [2.05, 4.69) is 149 Å². The summed E-state index contributed by atoms with van der Waals surface area (Å²) in [6, 6.07) is 55.0. The highest BCUT2D eigenvalue weighted by atomic mass is 79.9. The molecule has 1 heterocycles. The molecular weight excluding hydrogens is 614 g/mol. The van der Waals surface area contributed by atoms with E-state index in [1.54, 1.807) is 0 Å². The molecule has 4 heteroatoms. The van der Waals surface area contributed by atoms with Crippen molar-refractivity contribution in [2.75, 3.05) is 0 Å². The lowest BCUT2D eigenvalue weighted by Crippen LogP contribution is -2.00. The van der Waals surface area contributed by atoms with Gasteiger partial charge in [-0.15, -0.1) is 0 Å². The number of aromatic nitrogens is 3. The molecule has 8 rings (SSSR count). The number of nitrogens with zero attached hydrogens (tertiary/aromatic N) is 3. The van der Waals surface area contributed by atoms with E-state index in [0.717, 1.165) is 32.3 Å². The monoisotopic (exact) mass is 639 g/mol. The summed E-state index contributed by atoms with van der Waals surface area (Å²) >= 11 is 3.55. The Morgan fingerprint density at radius 3 is 1.00 bits per heavy atom. The van der Waals surface area contributed by atoms with E-state index < -0.39 is 0 Å². The quantitative estimate of drug-likeness (QED) is 0.188. The maximum absolute atomic E-state index is 4.97. The van der Waals surface area contributed by atoms with E-state index in [9.17, 15) is 0 Å². The van der Waals surface area contributed by atoms with Gasteiger partial charge in [0.15, 0.2) is 17.5 Å². The Kier molecular flexibility index (Phi) is 6.97. The van der Waals surface area contributed by atoms with Gasteiger partial charge in [-0.25, -0.2) is 15.0 Å². The summed E-state index contributed by atoms with van der Waals surface area (Å²) < 4.78 is 1.01. The van der Waals surface area contributed by atoms with Crippen molar-refractivity contribution in [1.29, 1.82) is 0 Å². The zero-order valence-corrected chi connectivity index (χ0v) is 25.8. The second kappa shape index (κ2) is 11.6. The summed E-state index contributed by atoms with van der Waals surface area (Å²) in [5.74, 6) is 1.92. The Morgan fingerprint density at radius 1 is 0.289 bits per heavy atom. The van der Waals surface area contributed by atoms with Gasteiger partial charge in [-0.2, -0.15) is 0 Å². The van der Waals surface area contributed by atoms with Gasteiger partial charge in [0.05, 0.1) is 0 Å². The Bertz CT molecular complexity index is 2170. The van der Waals surface area contributed by atoms with Crippen LogP contribution in [0, 0.1) is 0 Å². The maximum Gasteiger partial charge on any atom is 0.164 e. The van der Waals surface area contributed by atoms with Crippen LogP contribution in [0.2, 0.25) is 0 Å². The van der Waals surface area contributed by atoms with Crippen molar-refractivity contribution in [3.05, 3.63) is 162 Å². The molecule has 0 unspecified atom stereocenters. The van der Waals surface area contributed by atoms with Crippen LogP contribution >= 0.6 is 15.9 Å². The standard InChI is InChI=1S/C41H26BrN3/c42-38-23-21-33(22-24-38)41-44-39(31-15-9-29(10-16-31)36-19-13-27-5-1-3-7-34(27)25-36)43-40(45-41)32-17-11-30(12-18-32)37-20-14-28-6-2-4-8-35(28)26-37/h1-26H. The fraction of sp³-hybridized carbons (Fsp3) is 0. The lowest BCUT2D eigenvalue weighted by molar-refractivity contribution is 1.07. The fourth-order valence-electron chi connectivity index (χ4n) is 5.72. The highest BCUT2D eigenvalue weighted by Crippen LogP contribution is 2.31. The van der Waals surface area contributed by atoms with Crippen molar-refractivity contribution in [2.24, 2.45) is 0 Å². The molecule has 0 atom stereocenters. The summed E-state index contributed by atoms with van der Waals surface area (Å²) in [6.45, 7) is 0. The van der Waals surface area contributed by atoms with Crippen LogP contribution in [0.25, 0.3) is 78.0 Å². The molecule has 212 valence electrons. The minimum atomic E-state index is 0.639. The third-order valence-electron chi connectivity index (χ3n) is 8.19. The molecule has 0 radical (unpaired) electrons. The molecule has 7 aromatic carbocycles. The average Bonchev–Trinajstić information content (AvgIpc) is 3.11. The summed E-state index contributed by atoms with van der Waals surface area (Å²) in [4.78, 5) is 14.8. The van der Waals surface area contributed by atoms with Gasteiger partial charge < -0.3 is 0 Å². The SMILES string of the molecule is Brc1ccc(-c2nc(-c3ccc(-c4ccc5ccccc5c4)cc3)nc(-c3ccc(-c4ccc5ccccc5c4)cc3)n2)cc1. The van der Waals surface area contributed by atoms with Gasteiger partial charge in [0.2, 0.25) is 0 Å². The first-order valence-corrected chi connectivity index (χ1v) is 15.7. The smallest absolute Gasteiger partial charge is 0.164 e. The summed E-state index contributed by atoms with van der Waals surface area (Å²) in [6.07, 6.45) is 0. The lowest BCUT2D eigenvalue weighted by atomic mass is 10.00. The Balaban J connectivity index is 1.17. The van der Waals surface area contributed by atoms with Gasteiger partial charge in [0.1, 0.15) is 0 Å². The minimum absolute atomic E-state index is 0.639. The van der Waals surface area contributed by atoms with Gasteiger partial charge in [-0.3, -0.25) is 0 Å². The summed E-state index contributed by atoms with van der Waals surface area (Å²) in [5.41, 5.74) is 7.47. The van der Waals surface area contributed by atoms with Gasteiger partial charge in [-0.05, 0) is 68.1 Å². The molecule has 0 N–H and O–H groups in total. The lowest BCUT2D eigenvalue weighted by Gasteiger charge is -2.10. The first-order valence-electron chi connectivity index (χ1n) is 14.9. The third kappa shape index (κ3) is 5.52. The van der Waals surface area contributed by atoms with Crippen LogP contribution in [-0.2, 0) is 0 Å². The van der Waals surface area contributed by atoms with Crippen LogP contribution < -0.4 is 0 Å². The fourth-order valence-corrected chi connectivity index (χ4v) is 5.99. The number of hydrogen-bond acceptors (Lipinski definition) is 3. The van der Waals surface area contributed by atoms with E-state index in [1.165, 1.54) is 32.7 Å². The molecule has 0 aliphatic heterocycles. The van der Waals surface area contributed by atoms with Crippen molar-refractivity contribution < 1.29 is 0 Å². The molecule has 1 aromatic heterocycles. The molecule has 0 amide bonds. The van der Waals surface area contributed by atoms with E-state index in [1.807, 2.05) is 24.3 Å². The number of hydrogen-bond donors (Lipinski definition) is 0. The first-order chi connectivity index (χ1) is 22.2. The zero-order valence-electron chi connectivity index (χ0n) is 24.2. The Labute approximate surface area is 270 Å². The zero-order chi connectivity index (χ0) is 30.2. The highest BCUT2D eigenvalue weighted by Gasteiger charge is 2.13. The molecule has 0 saturated carbocycles. The molecule has 0 spiro atoms. The number of rotatable bonds is 5. The molecule has 0 aliphatic carbocycles. The van der Waals surface area contributed by atoms with Crippen LogP contribution in [0.4, 0.5) is 0 Å². The van der Waals surface area contributed by atoms with E-state index >= 15 is 0 Å². The van der Waals surface area contributed by atoms with Gasteiger partial charge in [0.25, 0.3) is 0 Å². The van der Waals surface area contributed by atoms with Crippen LogP contribution in [0.15, 0.2) is 162 Å². The topological polar surface area (TPSA) is 38.7 Å². The second-order valence-electron chi connectivity index (χ2n) is 11.1. The van der Waals surface area contributed by atoms with Crippen molar-refractivity contribution in [3.8, 4) is 56.4 Å². The molecule has 0 fully saturated rings. The Hall–Kier alpha value is -5.45. The molecule has 8 aromatic rings. The summed E-state index contributed by atoms with van der Waals surface area (Å²) in [5, 5.41) is 4.93. The largest absolute Gasteiger partial charge is 0.208 e. The predicted molar refractivity (Wildman–Crippen MR) is 190 cm³/mol. The predicted octanol–water partition coefficient (Wildman–Crippen LogP) is 11.3. The third-order valence-corrected chi connectivity index (χ3v) is 8.72. The van der Waals surface area contributed by atoms with Crippen molar-refractivity contribution in [2.45, 2.75) is 0 Å².